The summed E-state index contributed by atoms with van der Waals surface area (Å²) in [5.74, 6) is 1.96. The number of nitrogens with zero attached hydrogens (tertiary/aromatic N) is 3. The molecule has 0 spiro atoms. The molecule has 58 heavy (non-hydrogen) atoms. The van der Waals surface area contributed by atoms with Gasteiger partial charge in [-0.05, 0) is 67.7 Å². The molecule has 0 bridgehead atoms. The Hall–Kier alpha value is -6.07. The second kappa shape index (κ2) is 13.5. The Morgan fingerprint density at radius 1 is 0.345 bits per heavy atom. The van der Waals surface area contributed by atoms with Crippen molar-refractivity contribution in [3.05, 3.63) is 109 Å². The lowest BCUT2D eigenvalue weighted by molar-refractivity contribution is 0.669. The molecule has 0 aliphatic rings. The third-order valence-corrected chi connectivity index (χ3v) is 13.4. The van der Waals surface area contributed by atoms with E-state index >= 15 is 0 Å². The Balaban J connectivity index is 1.18. The molecule has 0 amide bonds. The van der Waals surface area contributed by atoms with Gasteiger partial charge in [0.2, 0.25) is 0 Å². The third kappa shape index (κ3) is 5.46. The van der Waals surface area contributed by atoms with Crippen LogP contribution in [0.5, 0.6) is 0 Å². The zero-order valence-electron chi connectivity index (χ0n) is 34.6. The minimum absolute atomic E-state index is 0.600. The summed E-state index contributed by atoms with van der Waals surface area (Å²) >= 11 is 0. The van der Waals surface area contributed by atoms with Crippen molar-refractivity contribution in [2.75, 3.05) is 0 Å². The molecule has 0 aliphatic carbocycles. The summed E-state index contributed by atoms with van der Waals surface area (Å²) in [5, 5.41) is 9.71. The first kappa shape index (κ1) is 36.3. The Kier molecular flexibility index (Phi) is 8.46. The number of aromatic nitrogens is 3. The highest BCUT2D eigenvalue weighted by molar-refractivity contribution is 6.68. The van der Waals surface area contributed by atoms with Crippen molar-refractivity contribution in [2.24, 2.45) is 0 Å². The first-order chi connectivity index (χ1) is 28.0. The Bertz CT molecular complexity index is 3360. The summed E-state index contributed by atoms with van der Waals surface area (Å²) < 4.78 is 6.77. The van der Waals surface area contributed by atoms with Crippen molar-refractivity contribution in [1.29, 1.82) is 0 Å². The minimum atomic E-state index is 0.600. The van der Waals surface area contributed by atoms with Crippen LogP contribution in [0.2, 0.25) is 0 Å². The number of hydrogen-bond acceptors (Lipinski definition) is 4. The Morgan fingerprint density at radius 3 is 1.47 bits per heavy atom. The van der Waals surface area contributed by atoms with E-state index in [9.17, 15) is 0 Å². The summed E-state index contributed by atoms with van der Waals surface area (Å²) in [6.45, 7) is 0. The number of rotatable bonds is 4. The average molecular weight is 732 g/mol. The van der Waals surface area contributed by atoms with Crippen LogP contribution in [-0.2, 0) is 0 Å². The molecular weight excluding hydrogens is 696 g/mol. The maximum Gasteiger partial charge on any atom is 0.167 e. The van der Waals surface area contributed by atoms with Gasteiger partial charge in [-0.15, -0.1) is 27.3 Å². The topological polar surface area (TPSA) is 51.8 Å². The number of furan rings is 1. The van der Waals surface area contributed by atoms with E-state index in [1.165, 1.54) is 87.0 Å². The predicted octanol–water partition coefficient (Wildman–Crippen LogP) is -3.78. The van der Waals surface area contributed by atoms with Gasteiger partial charge < -0.3 is 4.42 Å². The zero-order valence-corrected chi connectivity index (χ0v) is 34.6. The van der Waals surface area contributed by atoms with Crippen molar-refractivity contribution in [3.63, 3.8) is 0 Å². The van der Waals surface area contributed by atoms with Gasteiger partial charge in [-0.3, -0.25) is 0 Å². The molecule has 0 N–H and O–H groups in total. The van der Waals surface area contributed by atoms with E-state index in [0.29, 0.717) is 17.5 Å². The van der Waals surface area contributed by atoms with Crippen LogP contribution < -0.4 is 49.2 Å². The number of fused-ring (bicyclic) bond motifs is 9. The SMILES string of the molecule is Bc1cc(-c2nc(-c3c(B)c(B)c(B)c(B)c3B)nc(-c3cccc4c3oc3ccc(-c5ccc6c7ccccc7c7ccccc7c6c5)cc34)n2)c(B)c(B)c1B. The van der Waals surface area contributed by atoms with Gasteiger partial charge >= 0.3 is 0 Å². The Labute approximate surface area is 346 Å². The van der Waals surface area contributed by atoms with Crippen LogP contribution in [0.15, 0.2) is 114 Å². The van der Waals surface area contributed by atoms with E-state index in [-0.39, 0.29) is 0 Å². The molecule has 10 aromatic rings. The highest BCUT2D eigenvalue weighted by atomic mass is 16.3. The summed E-state index contributed by atoms with van der Waals surface area (Å²) in [6.07, 6.45) is 0. The van der Waals surface area contributed by atoms with Gasteiger partial charge in [0.1, 0.15) is 81.8 Å². The molecule has 8 aromatic carbocycles. The van der Waals surface area contributed by atoms with Crippen LogP contribution in [0.3, 0.4) is 0 Å². The van der Waals surface area contributed by atoms with Crippen molar-refractivity contribution in [2.45, 2.75) is 0 Å². The van der Waals surface area contributed by atoms with Gasteiger partial charge in [0.25, 0.3) is 0 Å². The molecule has 2 aromatic heterocycles. The van der Waals surface area contributed by atoms with Crippen LogP contribution >= 0.6 is 0 Å². The molecule has 0 saturated carbocycles. The van der Waals surface area contributed by atoms with E-state index in [0.717, 1.165) is 44.2 Å². The highest BCUT2D eigenvalue weighted by Gasteiger charge is 2.22. The molecule has 0 aliphatic heterocycles. The van der Waals surface area contributed by atoms with Crippen LogP contribution in [0.25, 0.3) is 99.5 Å². The van der Waals surface area contributed by atoms with E-state index in [1.54, 1.807) is 0 Å². The van der Waals surface area contributed by atoms with Gasteiger partial charge in [-0.1, -0.05) is 107 Å². The van der Waals surface area contributed by atoms with Gasteiger partial charge in [0.15, 0.2) is 17.5 Å². The number of benzene rings is 8. The lowest BCUT2D eigenvalue weighted by Gasteiger charge is -2.20. The van der Waals surface area contributed by atoms with Crippen LogP contribution in [0.1, 0.15) is 0 Å². The van der Waals surface area contributed by atoms with Gasteiger partial charge in [-0.25, -0.2) is 15.0 Å². The smallest absolute Gasteiger partial charge is 0.167 e. The normalized spacial score (nSPS) is 11.7. The van der Waals surface area contributed by atoms with E-state index < -0.39 is 0 Å². The summed E-state index contributed by atoms with van der Waals surface area (Å²) in [5.41, 5.74) is 18.0. The molecule has 264 valence electrons. The molecule has 0 fully saturated rings. The quantitative estimate of drug-likeness (QED) is 0.138. The summed E-state index contributed by atoms with van der Waals surface area (Å²) in [6, 6.07) is 39.5. The molecule has 10 rings (SSSR count). The first-order valence-corrected chi connectivity index (χ1v) is 20.2. The van der Waals surface area contributed by atoms with Crippen LogP contribution in [0.4, 0.5) is 0 Å². The maximum atomic E-state index is 6.77. The zero-order chi connectivity index (χ0) is 40.1. The lowest BCUT2D eigenvalue weighted by Crippen LogP contribution is -2.55. The first-order valence-electron chi connectivity index (χ1n) is 20.2. The fourth-order valence-electron chi connectivity index (χ4n) is 9.25. The number of para-hydroxylation sites is 1. The van der Waals surface area contributed by atoms with Crippen molar-refractivity contribution < 1.29 is 4.42 Å². The summed E-state index contributed by atoms with van der Waals surface area (Å²) in [7, 11) is 19.7. The average Bonchev–Trinajstić information content (AvgIpc) is 3.63. The standard InChI is InChI=1S/C45H36B9N3O/c46-31-18-30(34(47)38(51)35(31)48)44-55-43(56-45(57-44)33-36(49)39(52)41(54)40(53)37(33)50)27-11-5-10-26-29-17-20(13-15-32(29)58-42(26)27)19-12-14-25-23-8-2-1-6-21(23)22-7-3-4-9-24(22)28(25)16-19/h1-18H,46-54H2. The molecule has 0 atom stereocenters. The molecule has 2 heterocycles. The van der Waals surface area contributed by atoms with Crippen molar-refractivity contribution in [1.82, 2.24) is 15.0 Å². The van der Waals surface area contributed by atoms with Gasteiger partial charge in [0, 0.05) is 21.9 Å². The molecular formula is C45H36B9N3O. The van der Waals surface area contributed by atoms with Gasteiger partial charge in [-0.2, -0.15) is 0 Å². The van der Waals surface area contributed by atoms with Crippen molar-refractivity contribution in [3.8, 4) is 45.3 Å². The third-order valence-electron chi connectivity index (χ3n) is 13.4. The second-order valence-electron chi connectivity index (χ2n) is 16.3. The Morgan fingerprint density at radius 2 is 0.828 bits per heavy atom. The van der Waals surface area contributed by atoms with E-state index in [1.807, 2.05) is 0 Å². The minimum Gasteiger partial charge on any atom is -0.455 e. The van der Waals surface area contributed by atoms with Crippen molar-refractivity contribution >= 4 is 174 Å². The predicted molar refractivity (Wildman–Crippen MR) is 275 cm³/mol. The van der Waals surface area contributed by atoms with E-state index in [2.05, 4.69) is 180 Å². The van der Waals surface area contributed by atoms with Gasteiger partial charge in [0.05, 0.1) is 5.56 Å². The van der Waals surface area contributed by atoms with E-state index in [4.69, 9.17) is 19.4 Å². The fraction of sp³-hybridized carbons (Fsp3) is 0. The monoisotopic (exact) mass is 733 g/mol. The fourth-order valence-corrected chi connectivity index (χ4v) is 9.25. The van der Waals surface area contributed by atoms with Crippen LogP contribution in [0, 0.1) is 0 Å². The number of hydrogen-bond donors (Lipinski definition) is 0. The summed E-state index contributed by atoms with van der Waals surface area (Å²) in [4.78, 5) is 15.9. The largest absolute Gasteiger partial charge is 0.455 e. The molecule has 13 heteroatoms. The molecule has 4 nitrogen and oxygen atoms in total. The molecule has 0 saturated heterocycles. The molecule has 0 radical (unpaired) electrons. The molecule has 0 unspecified atom stereocenters. The maximum absolute atomic E-state index is 6.77. The van der Waals surface area contributed by atoms with Crippen LogP contribution in [-0.4, -0.2) is 85.6 Å². The lowest BCUT2D eigenvalue weighted by atomic mass is 9.60. The highest BCUT2D eigenvalue weighted by Crippen LogP contribution is 2.40. The second-order valence-corrected chi connectivity index (χ2v) is 16.3.